The summed E-state index contributed by atoms with van der Waals surface area (Å²) in [5.41, 5.74) is 5.39. The molecule has 18 heavy (non-hydrogen) atoms. The molecule has 3 rings (SSSR count). The fourth-order valence-electron chi connectivity index (χ4n) is 1.91. The van der Waals surface area contributed by atoms with Crippen molar-refractivity contribution in [1.82, 2.24) is 4.68 Å². The first-order valence-corrected chi connectivity index (χ1v) is 6.70. The minimum atomic E-state index is 0.706. The minimum absolute atomic E-state index is 0.706. The topological polar surface area (TPSA) is 17.0 Å². The van der Waals surface area contributed by atoms with Gasteiger partial charge in [0.2, 0.25) is 0 Å². The van der Waals surface area contributed by atoms with Crippen molar-refractivity contribution in [3.8, 4) is 0 Å². The van der Waals surface area contributed by atoms with Crippen molar-refractivity contribution in [2.45, 2.75) is 0 Å². The largest absolute Gasteiger partial charge is 0.294 e. The van der Waals surface area contributed by atoms with Crippen molar-refractivity contribution in [3.63, 3.8) is 0 Å². The Kier molecular flexibility index (Phi) is 3.02. The van der Waals surface area contributed by atoms with Gasteiger partial charge < -0.3 is 0 Å². The highest BCUT2D eigenvalue weighted by Gasteiger charge is 2.08. The van der Waals surface area contributed by atoms with Gasteiger partial charge in [0.25, 0.3) is 0 Å². The number of anilines is 1. The van der Waals surface area contributed by atoms with Gasteiger partial charge in [0.15, 0.2) is 0 Å². The molecule has 1 N–H and O–H groups in total. The Morgan fingerprint density at radius 3 is 2.56 bits per heavy atom. The van der Waals surface area contributed by atoms with Crippen molar-refractivity contribution in [2.24, 2.45) is 0 Å². The summed E-state index contributed by atoms with van der Waals surface area (Å²) in [4.78, 5) is 0. The van der Waals surface area contributed by atoms with E-state index in [0.29, 0.717) is 5.02 Å². The number of rotatable bonds is 2. The third-order valence-corrected chi connectivity index (χ3v) is 4.11. The predicted octanol–water partition coefficient (Wildman–Crippen LogP) is 4.93. The molecule has 2 aromatic carbocycles. The average molecular weight is 322 g/mol. The Hall–Kier alpha value is -1.45. The van der Waals surface area contributed by atoms with E-state index in [1.807, 2.05) is 59.4 Å². The smallest absolute Gasteiger partial charge is 0.0853 e. The zero-order chi connectivity index (χ0) is 12.5. The molecule has 0 saturated carbocycles. The van der Waals surface area contributed by atoms with E-state index in [9.17, 15) is 0 Å². The van der Waals surface area contributed by atoms with Crippen LogP contribution in [-0.2, 0) is 0 Å². The molecule has 0 bridgehead atoms. The molecule has 0 atom stereocenters. The van der Waals surface area contributed by atoms with E-state index >= 15 is 0 Å². The van der Waals surface area contributed by atoms with E-state index in [0.717, 1.165) is 21.1 Å². The van der Waals surface area contributed by atoms with E-state index in [2.05, 4.69) is 21.4 Å². The van der Waals surface area contributed by atoms with Crippen LogP contribution < -0.4 is 5.43 Å². The third kappa shape index (κ3) is 2.00. The van der Waals surface area contributed by atoms with Gasteiger partial charge in [-0.25, -0.2) is 0 Å². The lowest BCUT2D eigenvalue weighted by molar-refractivity contribution is 1.01. The van der Waals surface area contributed by atoms with E-state index in [1.54, 1.807) is 0 Å². The first-order chi connectivity index (χ1) is 8.75. The predicted molar refractivity (Wildman–Crippen MR) is 80.1 cm³/mol. The van der Waals surface area contributed by atoms with Crippen LogP contribution in [0.25, 0.3) is 10.9 Å². The second kappa shape index (κ2) is 4.67. The maximum atomic E-state index is 6.13. The summed E-state index contributed by atoms with van der Waals surface area (Å²) in [6.07, 6.45) is 1.98. The number of hydrogen-bond donors (Lipinski definition) is 1. The van der Waals surface area contributed by atoms with Crippen molar-refractivity contribution in [1.29, 1.82) is 0 Å². The fourth-order valence-corrected chi connectivity index (χ4v) is 2.61. The zero-order valence-electron chi connectivity index (χ0n) is 9.40. The molecule has 0 aliphatic carbocycles. The average Bonchev–Trinajstić information content (AvgIpc) is 2.79. The molecular formula is C14H10BrClN2. The number of benzene rings is 2. The van der Waals surface area contributed by atoms with Crippen LogP contribution in [-0.4, -0.2) is 4.68 Å². The molecule has 0 aliphatic heterocycles. The minimum Gasteiger partial charge on any atom is -0.294 e. The number of fused-ring (bicyclic) bond motifs is 1. The zero-order valence-corrected chi connectivity index (χ0v) is 11.7. The van der Waals surface area contributed by atoms with Gasteiger partial charge in [0, 0.05) is 11.6 Å². The molecule has 0 saturated heterocycles. The van der Waals surface area contributed by atoms with Crippen LogP contribution in [0, 0.1) is 0 Å². The quantitative estimate of drug-likeness (QED) is 0.708. The Bertz CT molecular complexity index is 692. The summed E-state index contributed by atoms with van der Waals surface area (Å²) >= 11 is 9.66. The van der Waals surface area contributed by atoms with Crippen molar-refractivity contribution >= 4 is 44.1 Å². The highest BCUT2D eigenvalue weighted by Crippen LogP contribution is 2.31. The molecule has 90 valence electrons. The number of para-hydroxylation sites is 1. The maximum absolute atomic E-state index is 6.13. The standard InChI is InChI=1S/C14H10BrClN2/c15-13-12(16)7-6-10-8-9-18(14(10)13)17-11-4-2-1-3-5-11/h1-9,17H. The lowest BCUT2D eigenvalue weighted by atomic mass is 10.2. The molecule has 0 amide bonds. The lowest BCUT2D eigenvalue weighted by Crippen LogP contribution is -2.07. The molecule has 1 heterocycles. The molecule has 4 heteroatoms. The van der Waals surface area contributed by atoms with Crippen LogP contribution in [0.2, 0.25) is 5.02 Å². The first kappa shape index (κ1) is 11.6. The third-order valence-electron chi connectivity index (χ3n) is 2.77. The van der Waals surface area contributed by atoms with Gasteiger partial charge in [0.1, 0.15) is 0 Å². The molecule has 0 aliphatic rings. The highest BCUT2D eigenvalue weighted by molar-refractivity contribution is 9.10. The van der Waals surface area contributed by atoms with Gasteiger partial charge in [-0.15, -0.1) is 0 Å². The van der Waals surface area contributed by atoms with Crippen LogP contribution >= 0.6 is 27.5 Å². The van der Waals surface area contributed by atoms with Gasteiger partial charge in [0.05, 0.1) is 20.7 Å². The molecule has 0 radical (unpaired) electrons. The van der Waals surface area contributed by atoms with E-state index < -0.39 is 0 Å². The summed E-state index contributed by atoms with van der Waals surface area (Å²) in [5.74, 6) is 0. The number of nitrogens with one attached hydrogen (secondary N) is 1. The summed E-state index contributed by atoms with van der Waals surface area (Å²) in [5, 5.41) is 1.84. The molecule has 2 nitrogen and oxygen atoms in total. The van der Waals surface area contributed by atoms with Crippen molar-refractivity contribution < 1.29 is 0 Å². The monoisotopic (exact) mass is 320 g/mol. The van der Waals surface area contributed by atoms with Crippen LogP contribution in [0.5, 0.6) is 0 Å². The summed E-state index contributed by atoms with van der Waals surface area (Å²) in [6.45, 7) is 0. The molecule has 0 unspecified atom stereocenters. The Morgan fingerprint density at radius 1 is 1.00 bits per heavy atom. The highest BCUT2D eigenvalue weighted by atomic mass is 79.9. The second-order valence-corrected chi connectivity index (χ2v) is 5.16. The Labute approximate surface area is 118 Å². The SMILES string of the molecule is Clc1ccc2ccn(Nc3ccccc3)c2c1Br. The summed E-state index contributed by atoms with van der Waals surface area (Å²) < 4.78 is 2.86. The number of aromatic nitrogens is 1. The van der Waals surface area contributed by atoms with Crippen LogP contribution in [0.15, 0.2) is 59.2 Å². The molecule has 1 aromatic heterocycles. The Balaban J connectivity index is 2.10. The van der Waals surface area contributed by atoms with Gasteiger partial charge in [-0.05, 0) is 40.2 Å². The number of nitrogens with zero attached hydrogens (tertiary/aromatic N) is 1. The lowest BCUT2D eigenvalue weighted by Gasteiger charge is -2.10. The van der Waals surface area contributed by atoms with Crippen molar-refractivity contribution in [2.75, 3.05) is 5.43 Å². The fraction of sp³-hybridized carbons (Fsp3) is 0. The molecule has 0 spiro atoms. The van der Waals surface area contributed by atoms with Crippen LogP contribution in [0.1, 0.15) is 0 Å². The molecule has 0 fully saturated rings. The van der Waals surface area contributed by atoms with Gasteiger partial charge >= 0.3 is 0 Å². The van der Waals surface area contributed by atoms with Gasteiger partial charge in [-0.2, -0.15) is 0 Å². The van der Waals surface area contributed by atoms with E-state index in [-0.39, 0.29) is 0 Å². The normalized spacial score (nSPS) is 10.8. The maximum Gasteiger partial charge on any atom is 0.0853 e. The summed E-state index contributed by atoms with van der Waals surface area (Å²) in [6, 6.07) is 16.0. The van der Waals surface area contributed by atoms with Gasteiger partial charge in [-0.3, -0.25) is 10.1 Å². The van der Waals surface area contributed by atoms with Crippen LogP contribution in [0.4, 0.5) is 5.69 Å². The molecular weight excluding hydrogens is 312 g/mol. The van der Waals surface area contributed by atoms with Crippen molar-refractivity contribution in [3.05, 3.63) is 64.2 Å². The van der Waals surface area contributed by atoms with Gasteiger partial charge in [-0.1, -0.05) is 35.9 Å². The number of hydrogen-bond acceptors (Lipinski definition) is 1. The van der Waals surface area contributed by atoms with E-state index in [4.69, 9.17) is 11.6 Å². The Morgan fingerprint density at radius 2 is 1.78 bits per heavy atom. The second-order valence-electron chi connectivity index (χ2n) is 3.96. The van der Waals surface area contributed by atoms with E-state index in [1.165, 1.54) is 0 Å². The van der Waals surface area contributed by atoms with Crippen LogP contribution in [0.3, 0.4) is 0 Å². The first-order valence-electron chi connectivity index (χ1n) is 5.53. The number of halogens is 2. The molecule has 3 aromatic rings. The summed E-state index contributed by atoms with van der Waals surface area (Å²) in [7, 11) is 0.